The van der Waals surface area contributed by atoms with Crippen LogP contribution in [0, 0.1) is 0 Å². The van der Waals surface area contributed by atoms with Crippen molar-refractivity contribution in [2.45, 2.75) is 13.0 Å². The van der Waals surface area contributed by atoms with Crippen LogP contribution in [0.2, 0.25) is 0 Å². The highest BCUT2D eigenvalue weighted by Crippen LogP contribution is 2.03. The molecule has 0 fully saturated rings. The molecule has 0 aliphatic heterocycles. The van der Waals surface area contributed by atoms with Crippen molar-refractivity contribution in [2.24, 2.45) is 0 Å². The Morgan fingerprint density at radius 2 is 2.55 bits per heavy atom. The van der Waals surface area contributed by atoms with E-state index >= 15 is 0 Å². The van der Waals surface area contributed by atoms with E-state index in [0.29, 0.717) is 0 Å². The Morgan fingerprint density at radius 3 is 3.09 bits per heavy atom. The fourth-order valence-corrected chi connectivity index (χ4v) is 0.728. The van der Waals surface area contributed by atoms with Crippen LogP contribution in [0.3, 0.4) is 0 Å². The lowest BCUT2D eigenvalue weighted by atomic mass is 10.3. The van der Waals surface area contributed by atoms with E-state index in [2.05, 4.69) is 10.3 Å². The van der Waals surface area contributed by atoms with Crippen LogP contribution in [-0.2, 0) is 4.79 Å². The van der Waals surface area contributed by atoms with Crippen molar-refractivity contribution < 1.29 is 4.79 Å². The molecule has 1 aromatic heterocycles. The summed E-state index contributed by atoms with van der Waals surface area (Å²) in [4.78, 5) is 14.0. The summed E-state index contributed by atoms with van der Waals surface area (Å²) >= 11 is 0. The maximum atomic E-state index is 10.1. The Bertz CT molecular complexity index is 223. The summed E-state index contributed by atoms with van der Waals surface area (Å²) < 4.78 is 0. The average Bonchev–Trinajstić information content (AvgIpc) is 2.06. The van der Waals surface area contributed by atoms with Gasteiger partial charge in [0, 0.05) is 12.4 Å². The topological polar surface area (TPSA) is 42.0 Å². The van der Waals surface area contributed by atoms with Crippen molar-refractivity contribution in [3.8, 4) is 0 Å². The molecule has 57 valence electrons. The third kappa shape index (κ3) is 2.37. The van der Waals surface area contributed by atoms with Gasteiger partial charge in [0.2, 0.25) is 6.29 Å². The van der Waals surface area contributed by atoms with E-state index in [9.17, 15) is 4.79 Å². The molecule has 1 rings (SSSR count). The zero-order chi connectivity index (χ0) is 8.10. The van der Waals surface area contributed by atoms with Gasteiger partial charge in [-0.3, -0.25) is 9.78 Å². The number of nitrogens with one attached hydrogen (secondary N) is 1. The fraction of sp³-hybridized carbons (Fsp3) is 0.250. The number of hydrogen-bond donors (Lipinski definition) is 1. The van der Waals surface area contributed by atoms with Crippen LogP contribution in [0.15, 0.2) is 24.5 Å². The van der Waals surface area contributed by atoms with Crippen molar-refractivity contribution in [3.05, 3.63) is 24.5 Å². The van der Waals surface area contributed by atoms with Gasteiger partial charge in [0.05, 0.1) is 11.7 Å². The van der Waals surface area contributed by atoms with Crippen LogP contribution in [-0.4, -0.2) is 17.3 Å². The normalized spacial score (nSPS) is 12.1. The Kier molecular flexibility index (Phi) is 2.60. The van der Waals surface area contributed by atoms with Crippen molar-refractivity contribution in [1.82, 2.24) is 4.98 Å². The van der Waals surface area contributed by atoms with Gasteiger partial charge in [-0.1, -0.05) is 0 Å². The summed E-state index contributed by atoms with van der Waals surface area (Å²) in [6, 6.07) is 3.37. The lowest BCUT2D eigenvalue weighted by molar-refractivity contribution is 0.549. The first kappa shape index (κ1) is 7.72. The van der Waals surface area contributed by atoms with E-state index in [1.54, 1.807) is 25.4 Å². The van der Waals surface area contributed by atoms with E-state index in [0.717, 1.165) is 5.69 Å². The first-order valence-electron chi connectivity index (χ1n) is 3.37. The largest absolute Gasteiger partial charge is 0.374 e. The highest BCUT2D eigenvalue weighted by Gasteiger charge is 1.98. The van der Waals surface area contributed by atoms with Crippen LogP contribution >= 0.6 is 0 Å². The molecular formula is C8H9N2O. The fourth-order valence-electron chi connectivity index (χ4n) is 0.728. The predicted octanol–water partition coefficient (Wildman–Crippen LogP) is 0.992. The molecule has 1 atom stereocenters. The van der Waals surface area contributed by atoms with Gasteiger partial charge in [0.25, 0.3) is 0 Å². The molecule has 1 aromatic rings. The molecule has 0 unspecified atom stereocenters. The van der Waals surface area contributed by atoms with Crippen LogP contribution < -0.4 is 5.32 Å². The van der Waals surface area contributed by atoms with Crippen molar-refractivity contribution in [2.75, 3.05) is 5.32 Å². The predicted molar refractivity (Wildman–Crippen MR) is 43.0 cm³/mol. The number of anilines is 1. The van der Waals surface area contributed by atoms with Crippen molar-refractivity contribution in [3.63, 3.8) is 0 Å². The highest BCUT2D eigenvalue weighted by atomic mass is 16.1. The molecule has 0 aromatic carbocycles. The number of aromatic nitrogens is 1. The third-order valence-corrected chi connectivity index (χ3v) is 1.22. The van der Waals surface area contributed by atoms with Crippen LogP contribution in [0.5, 0.6) is 0 Å². The van der Waals surface area contributed by atoms with Crippen molar-refractivity contribution in [1.29, 1.82) is 0 Å². The smallest absolute Gasteiger partial charge is 0.222 e. The van der Waals surface area contributed by atoms with Gasteiger partial charge >= 0.3 is 0 Å². The maximum absolute atomic E-state index is 10.1. The molecule has 0 saturated carbocycles. The number of pyridine rings is 1. The van der Waals surface area contributed by atoms with Gasteiger partial charge in [0.1, 0.15) is 0 Å². The van der Waals surface area contributed by atoms with Crippen molar-refractivity contribution >= 4 is 12.0 Å². The number of hydrogen-bond acceptors (Lipinski definition) is 3. The molecule has 0 aliphatic carbocycles. The standard InChI is InChI=1S/C8H9N2O/c1-7(6-11)10-8-3-2-4-9-5-8/h2-5,7,10H,1H3/t7-/m0/s1. The molecular weight excluding hydrogens is 140 g/mol. The lowest BCUT2D eigenvalue weighted by Crippen LogP contribution is -2.15. The Labute approximate surface area is 65.5 Å². The molecule has 1 N–H and O–H groups in total. The summed E-state index contributed by atoms with van der Waals surface area (Å²) in [7, 11) is 0. The summed E-state index contributed by atoms with van der Waals surface area (Å²) in [6.45, 7) is 1.74. The van der Waals surface area contributed by atoms with Gasteiger partial charge in [-0.25, -0.2) is 0 Å². The van der Waals surface area contributed by atoms with E-state index in [4.69, 9.17) is 0 Å². The molecule has 0 spiro atoms. The molecule has 0 aliphatic rings. The summed E-state index contributed by atoms with van der Waals surface area (Å²) in [6.07, 6.45) is 5.17. The quantitative estimate of drug-likeness (QED) is 0.696. The average molecular weight is 149 g/mol. The molecule has 1 radical (unpaired) electrons. The summed E-state index contributed by atoms with van der Waals surface area (Å²) in [5.74, 6) is 0. The zero-order valence-electron chi connectivity index (χ0n) is 6.24. The van der Waals surface area contributed by atoms with Crippen LogP contribution in [0.1, 0.15) is 6.92 Å². The summed E-state index contributed by atoms with van der Waals surface area (Å²) in [5.41, 5.74) is 0.836. The second kappa shape index (κ2) is 3.71. The minimum Gasteiger partial charge on any atom is -0.374 e. The Hall–Kier alpha value is -1.38. The first-order valence-corrected chi connectivity index (χ1v) is 3.37. The van der Waals surface area contributed by atoms with E-state index < -0.39 is 0 Å². The first-order chi connectivity index (χ1) is 5.33. The van der Waals surface area contributed by atoms with Crippen LogP contribution in [0.4, 0.5) is 5.69 Å². The van der Waals surface area contributed by atoms with E-state index in [1.165, 1.54) is 0 Å². The van der Waals surface area contributed by atoms with Gasteiger partial charge in [-0.05, 0) is 19.1 Å². The monoisotopic (exact) mass is 149 g/mol. The maximum Gasteiger partial charge on any atom is 0.222 e. The number of carbonyl (C=O) groups excluding carboxylic acids is 1. The minimum atomic E-state index is -0.279. The minimum absolute atomic E-state index is 0.279. The Morgan fingerprint density at radius 1 is 1.73 bits per heavy atom. The summed E-state index contributed by atoms with van der Waals surface area (Å²) in [5, 5.41) is 2.91. The van der Waals surface area contributed by atoms with Gasteiger partial charge < -0.3 is 5.32 Å². The number of nitrogens with zero attached hydrogens (tertiary/aromatic N) is 1. The zero-order valence-corrected chi connectivity index (χ0v) is 6.24. The molecule has 11 heavy (non-hydrogen) atoms. The SMILES string of the molecule is C[C@@H]([C]=O)Nc1cccnc1. The van der Waals surface area contributed by atoms with E-state index in [-0.39, 0.29) is 6.04 Å². The second-order valence-corrected chi connectivity index (χ2v) is 2.23. The molecule has 3 nitrogen and oxygen atoms in total. The third-order valence-electron chi connectivity index (χ3n) is 1.22. The number of rotatable bonds is 3. The molecule has 0 bridgehead atoms. The molecule has 1 heterocycles. The van der Waals surface area contributed by atoms with Gasteiger partial charge in [-0.2, -0.15) is 0 Å². The molecule has 0 saturated heterocycles. The Balaban J connectivity index is 2.57. The molecule has 0 amide bonds. The molecule has 3 heteroatoms. The van der Waals surface area contributed by atoms with E-state index in [1.807, 2.05) is 12.4 Å². The highest BCUT2D eigenvalue weighted by molar-refractivity contribution is 5.63. The van der Waals surface area contributed by atoms with Gasteiger partial charge in [-0.15, -0.1) is 0 Å². The lowest BCUT2D eigenvalue weighted by Gasteiger charge is -2.05. The second-order valence-electron chi connectivity index (χ2n) is 2.23. The van der Waals surface area contributed by atoms with Crippen LogP contribution in [0.25, 0.3) is 0 Å². The van der Waals surface area contributed by atoms with Gasteiger partial charge in [0.15, 0.2) is 0 Å².